The van der Waals surface area contributed by atoms with E-state index in [2.05, 4.69) is 5.10 Å². The summed E-state index contributed by atoms with van der Waals surface area (Å²) in [7, 11) is 0. The second-order valence-corrected chi connectivity index (χ2v) is 4.45. The average Bonchev–Trinajstić information content (AvgIpc) is 2.91. The standard InChI is InChI=1S/C13H15N3O/c14-7-9-1-6-13-12(9)8-15-16(13)10-2-4-11(17)5-3-10/h2-5,8-9,17H,1,6-7,14H2. The van der Waals surface area contributed by atoms with Crippen LogP contribution in [0.15, 0.2) is 30.5 Å². The molecular formula is C13H15N3O. The minimum Gasteiger partial charge on any atom is -0.508 e. The summed E-state index contributed by atoms with van der Waals surface area (Å²) in [6.45, 7) is 0.689. The van der Waals surface area contributed by atoms with Gasteiger partial charge in [0.25, 0.3) is 0 Å². The molecule has 0 aliphatic heterocycles. The molecule has 0 saturated heterocycles. The summed E-state index contributed by atoms with van der Waals surface area (Å²) < 4.78 is 1.95. The van der Waals surface area contributed by atoms with Crippen molar-refractivity contribution in [1.29, 1.82) is 0 Å². The fourth-order valence-electron chi connectivity index (χ4n) is 2.51. The van der Waals surface area contributed by atoms with Gasteiger partial charge in [-0.2, -0.15) is 5.10 Å². The fraction of sp³-hybridized carbons (Fsp3) is 0.308. The van der Waals surface area contributed by atoms with E-state index in [0.717, 1.165) is 18.5 Å². The summed E-state index contributed by atoms with van der Waals surface area (Å²) in [6.07, 6.45) is 4.06. The maximum Gasteiger partial charge on any atom is 0.115 e. The molecule has 4 nitrogen and oxygen atoms in total. The fourth-order valence-corrected chi connectivity index (χ4v) is 2.51. The minimum atomic E-state index is 0.275. The van der Waals surface area contributed by atoms with E-state index in [1.54, 1.807) is 12.1 Å². The number of hydrogen-bond donors (Lipinski definition) is 2. The van der Waals surface area contributed by atoms with Gasteiger partial charge >= 0.3 is 0 Å². The van der Waals surface area contributed by atoms with Crippen molar-refractivity contribution in [3.05, 3.63) is 41.7 Å². The van der Waals surface area contributed by atoms with Crippen LogP contribution in [0.1, 0.15) is 23.6 Å². The topological polar surface area (TPSA) is 64.1 Å². The molecule has 1 atom stereocenters. The van der Waals surface area contributed by atoms with E-state index in [1.807, 2.05) is 23.0 Å². The highest BCUT2D eigenvalue weighted by atomic mass is 16.3. The monoisotopic (exact) mass is 229 g/mol. The van der Waals surface area contributed by atoms with Gasteiger partial charge in [-0.25, -0.2) is 4.68 Å². The zero-order chi connectivity index (χ0) is 11.8. The maximum atomic E-state index is 9.28. The molecule has 0 saturated carbocycles. The van der Waals surface area contributed by atoms with Gasteiger partial charge in [-0.05, 0) is 55.1 Å². The number of nitrogens with zero attached hydrogens (tertiary/aromatic N) is 2. The lowest BCUT2D eigenvalue weighted by atomic mass is 10.1. The highest BCUT2D eigenvalue weighted by molar-refractivity contribution is 5.41. The van der Waals surface area contributed by atoms with Gasteiger partial charge in [-0.1, -0.05) is 0 Å². The molecule has 1 aromatic heterocycles. The Labute approximate surface area is 99.7 Å². The highest BCUT2D eigenvalue weighted by Gasteiger charge is 2.25. The zero-order valence-electron chi connectivity index (χ0n) is 9.50. The third kappa shape index (κ3) is 1.61. The SMILES string of the molecule is NCC1CCc2c1cnn2-c1ccc(O)cc1. The van der Waals surface area contributed by atoms with Crippen LogP contribution < -0.4 is 5.73 Å². The Morgan fingerprint density at radius 3 is 2.82 bits per heavy atom. The van der Waals surface area contributed by atoms with Crippen molar-refractivity contribution in [2.75, 3.05) is 6.54 Å². The largest absolute Gasteiger partial charge is 0.508 e. The van der Waals surface area contributed by atoms with E-state index in [-0.39, 0.29) is 5.75 Å². The average molecular weight is 229 g/mol. The van der Waals surface area contributed by atoms with Crippen molar-refractivity contribution in [2.24, 2.45) is 5.73 Å². The van der Waals surface area contributed by atoms with Crippen molar-refractivity contribution < 1.29 is 5.11 Å². The minimum absolute atomic E-state index is 0.275. The Morgan fingerprint density at radius 1 is 1.35 bits per heavy atom. The third-order valence-corrected chi connectivity index (χ3v) is 3.45. The van der Waals surface area contributed by atoms with Gasteiger partial charge in [0, 0.05) is 5.69 Å². The molecule has 1 heterocycles. The molecule has 4 heteroatoms. The van der Waals surface area contributed by atoms with E-state index < -0.39 is 0 Å². The molecule has 0 amide bonds. The molecule has 0 radical (unpaired) electrons. The highest BCUT2D eigenvalue weighted by Crippen LogP contribution is 2.33. The molecule has 0 bridgehead atoms. The molecule has 1 unspecified atom stereocenters. The summed E-state index contributed by atoms with van der Waals surface area (Å²) in [6, 6.07) is 7.11. The number of fused-ring (bicyclic) bond motifs is 1. The molecule has 3 N–H and O–H groups in total. The first-order valence-electron chi connectivity index (χ1n) is 5.86. The van der Waals surface area contributed by atoms with Crippen LogP contribution in [-0.2, 0) is 6.42 Å². The number of phenols is 1. The molecule has 1 aromatic carbocycles. The lowest BCUT2D eigenvalue weighted by molar-refractivity contribution is 0.475. The Morgan fingerprint density at radius 2 is 2.12 bits per heavy atom. The van der Waals surface area contributed by atoms with Gasteiger partial charge in [0.05, 0.1) is 11.9 Å². The van der Waals surface area contributed by atoms with Crippen LogP contribution in [0.3, 0.4) is 0 Å². The Kier molecular flexibility index (Phi) is 2.37. The number of hydrogen-bond acceptors (Lipinski definition) is 3. The first kappa shape index (κ1) is 10.4. The van der Waals surface area contributed by atoms with E-state index in [0.29, 0.717) is 12.5 Å². The van der Waals surface area contributed by atoms with Crippen LogP contribution in [0, 0.1) is 0 Å². The van der Waals surface area contributed by atoms with Crippen LogP contribution in [0.5, 0.6) is 5.75 Å². The number of benzene rings is 1. The lowest BCUT2D eigenvalue weighted by Crippen LogP contribution is -2.08. The number of rotatable bonds is 2. The predicted octanol–water partition coefficient (Wildman–Crippen LogP) is 1.57. The van der Waals surface area contributed by atoms with Crippen LogP contribution in [0.2, 0.25) is 0 Å². The van der Waals surface area contributed by atoms with Gasteiger partial charge in [-0.15, -0.1) is 0 Å². The molecule has 0 fully saturated rings. The van der Waals surface area contributed by atoms with Gasteiger partial charge in [0.15, 0.2) is 0 Å². The third-order valence-electron chi connectivity index (χ3n) is 3.45. The normalized spacial score (nSPS) is 18.3. The van der Waals surface area contributed by atoms with Crippen molar-refractivity contribution in [3.63, 3.8) is 0 Å². The summed E-state index contributed by atoms with van der Waals surface area (Å²) in [5.74, 6) is 0.730. The Bertz CT molecular complexity index is 530. The first-order chi connectivity index (χ1) is 8.29. The molecule has 2 aromatic rings. The number of aromatic nitrogens is 2. The molecule has 17 heavy (non-hydrogen) atoms. The van der Waals surface area contributed by atoms with Gasteiger partial charge in [0.2, 0.25) is 0 Å². The van der Waals surface area contributed by atoms with Crippen molar-refractivity contribution >= 4 is 0 Å². The van der Waals surface area contributed by atoms with Crippen LogP contribution in [0.25, 0.3) is 5.69 Å². The van der Waals surface area contributed by atoms with Crippen molar-refractivity contribution in [2.45, 2.75) is 18.8 Å². The molecule has 1 aliphatic carbocycles. The smallest absolute Gasteiger partial charge is 0.115 e. The summed E-state index contributed by atoms with van der Waals surface area (Å²) >= 11 is 0. The Hall–Kier alpha value is -1.81. The first-order valence-corrected chi connectivity index (χ1v) is 5.86. The van der Waals surface area contributed by atoms with Crippen molar-refractivity contribution in [1.82, 2.24) is 9.78 Å². The van der Waals surface area contributed by atoms with E-state index >= 15 is 0 Å². The lowest BCUT2D eigenvalue weighted by Gasteiger charge is -2.05. The van der Waals surface area contributed by atoms with Crippen molar-refractivity contribution in [3.8, 4) is 11.4 Å². The van der Waals surface area contributed by atoms with Crippen LogP contribution in [0.4, 0.5) is 0 Å². The summed E-state index contributed by atoms with van der Waals surface area (Å²) in [5.41, 5.74) is 9.27. The molecule has 88 valence electrons. The van der Waals surface area contributed by atoms with Gasteiger partial charge < -0.3 is 10.8 Å². The number of phenolic OH excluding ortho intramolecular Hbond substituents is 1. The quantitative estimate of drug-likeness (QED) is 0.821. The van der Waals surface area contributed by atoms with Gasteiger partial charge in [-0.3, -0.25) is 0 Å². The zero-order valence-corrected chi connectivity index (χ0v) is 9.50. The summed E-state index contributed by atoms with van der Waals surface area (Å²) in [5, 5.41) is 13.7. The number of aromatic hydroxyl groups is 1. The van der Waals surface area contributed by atoms with Crippen LogP contribution >= 0.6 is 0 Å². The number of nitrogens with two attached hydrogens (primary N) is 1. The van der Waals surface area contributed by atoms with E-state index in [1.165, 1.54) is 11.3 Å². The second-order valence-electron chi connectivity index (χ2n) is 4.45. The Balaban J connectivity index is 2.03. The second kappa shape index (κ2) is 3.89. The maximum absolute atomic E-state index is 9.28. The van der Waals surface area contributed by atoms with Crippen LogP contribution in [-0.4, -0.2) is 21.4 Å². The van der Waals surface area contributed by atoms with Gasteiger partial charge in [0.1, 0.15) is 5.75 Å². The predicted molar refractivity (Wildman–Crippen MR) is 65.3 cm³/mol. The molecule has 3 rings (SSSR count). The van der Waals surface area contributed by atoms with E-state index in [4.69, 9.17) is 5.73 Å². The molecule has 1 aliphatic rings. The molecular weight excluding hydrogens is 214 g/mol. The molecule has 0 spiro atoms. The van der Waals surface area contributed by atoms with E-state index in [9.17, 15) is 5.11 Å². The summed E-state index contributed by atoms with van der Waals surface area (Å²) in [4.78, 5) is 0.